The molecule has 0 radical (unpaired) electrons. The molecule has 1 N–H and O–H groups in total. The zero-order valence-corrected chi connectivity index (χ0v) is 23.9. The van der Waals surface area contributed by atoms with E-state index in [1.807, 2.05) is 18.2 Å². The highest BCUT2D eigenvalue weighted by atomic mass is 16.5. The lowest BCUT2D eigenvalue weighted by Gasteiger charge is -2.31. The van der Waals surface area contributed by atoms with E-state index in [1.165, 1.54) is 31.5 Å². The molecule has 0 aliphatic carbocycles. The average Bonchev–Trinajstić information content (AvgIpc) is 3.45. The number of ether oxygens (including phenoxy) is 2. The summed E-state index contributed by atoms with van der Waals surface area (Å²) >= 11 is 0. The summed E-state index contributed by atoms with van der Waals surface area (Å²) in [5.74, 6) is 3.12. The second-order valence-corrected chi connectivity index (χ2v) is 11.2. The van der Waals surface area contributed by atoms with Crippen molar-refractivity contribution in [2.24, 2.45) is 11.8 Å². The maximum Gasteiger partial charge on any atom is 0.241 e. The number of rotatable bonds is 10. The predicted octanol–water partition coefficient (Wildman–Crippen LogP) is 4.51. The third-order valence-corrected chi connectivity index (χ3v) is 7.98. The van der Waals surface area contributed by atoms with Crippen molar-refractivity contribution in [3.8, 4) is 22.9 Å². The van der Waals surface area contributed by atoms with E-state index in [4.69, 9.17) is 14.0 Å². The van der Waals surface area contributed by atoms with Gasteiger partial charge in [0, 0.05) is 31.7 Å². The van der Waals surface area contributed by atoms with Gasteiger partial charge in [-0.3, -0.25) is 14.6 Å². The lowest BCUT2D eigenvalue weighted by Crippen LogP contribution is -2.42. The van der Waals surface area contributed by atoms with Crippen molar-refractivity contribution in [2.75, 3.05) is 40.4 Å². The average molecular weight is 548 g/mol. The summed E-state index contributed by atoms with van der Waals surface area (Å²) < 4.78 is 16.2. The van der Waals surface area contributed by atoms with E-state index in [2.05, 4.69) is 56.4 Å². The van der Waals surface area contributed by atoms with Gasteiger partial charge in [0.05, 0.1) is 26.7 Å². The highest BCUT2D eigenvalue weighted by molar-refractivity contribution is 5.79. The number of carbonyl (C=O) groups excluding carboxylic acids is 1. The third kappa shape index (κ3) is 7.20. The maximum absolute atomic E-state index is 13.0. The SMILES string of the molecule is COc1ccc(-c2noc(CN3CCCC(C(=O)NCc4ccc(CN5CCCC(C)C5)cc4)C3)n2)cc1OC. The highest BCUT2D eigenvalue weighted by Gasteiger charge is 2.27. The molecule has 9 heteroatoms. The van der Waals surface area contributed by atoms with Crippen LogP contribution < -0.4 is 14.8 Å². The van der Waals surface area contributed by atoms with Crippen LogP contribution in [-0.2, 0) is 24.4 Å². The number of hydrogen-bond acceptors (Lipinski definition) is 8. The minimum atomic E-state index is -0.0534. The second kappa shape index (κ2) is 13.3. The molecule has 3 heterocycles. The summed E-state index contributed by atoms with van der Waals surface area (Å²) in [7, 11) is 3.20. The van der Waals surface area contributed by atoms with Crippen LogP contribution in [0.25, 0.3) is 11.4 Å². The Morgan fingerprint density at radius 2 is 1.68 bits per heavy atom. The number of hydrogen-bond donors (Lipinski definition) is 1. The Kier molecular flexibility index (Phi) is 9.34. The number of methoxy groups -OCH3 is 2. The molecule has 2 aliphatic rings. The van der Waals surface area contributed by atoms with Crippen LogP contribution in [0.3, 0.4) is 0 Å². The summed E-state index contributed by atoms with van der Waals surface area (Å²) in [5.41, 5.74) is 3.26. The zero-order chi connectivity index (χ0) is 27.9. The van der Waals surface area contributed by atoms with Crippen LogP contribution in [0.4, 0.5) is 0 Å². The van der Waals surface area contributed by atoms with Gasteiger partial charge in [-0.25, -0.2) is 0 Å². The van der Waals surface area contributed by atoms with E-state index >= 15 is 0 Å². The number of benzene rings is 2. The molecule has 2 fully saturated rings. The molecule has 0 spiro atoms. The van der Waals surface area contributed by atoms with E-state index in [1.54, 1.807) is 14.2 Å². The molecule has 9 nitrogen and oxygen atoms in total. The van der Waals surface area contributed by atoms with Crippen LogP contribution in [0.1, 0.15) is 49.6 Å². The zero-order valence-electron chi connectivity index (χ0n) is 23.9. The van der Waals surface area contributed by atoms with Gasteiger partial charge in [-0.15, -0.1) is 0 Å². The van der Waals surface area contributed by atoms with Crippen molar-refractivity contribution in [3.05, 3.63) is 59.5 Å². The fourth-order valence-electron chi connectivity index (χ4n) is 5.80. The molecule has 3 aromatic rings. The number of aromatic nitrogens is 2. The van der Waals surface area contributed by atoms with Gasteiger partial charge in [0.15, 0.2) is 11.5 Å². The van der Waals surface area contributed by atoms with Gasteiger partial charge >= 0.3 is 0 Å². The van der Waals surface area contributed by atoms with E-state index in [-0.39, 0.29) is 11.8 Å². The van der Waals surface area contributed by atoms with Crippen LogP contribution in [0.15, 0.2) is 47.0 Å². The third-order valence-electron chi connectivity index (χ3n) is 7.98. The monoisotopic (exact) mass is 547 g/mol. The first kappa shape index (κ1) is 28.1. The predicted molar refractivity (Wildman–Crippen MR) is 153 cm³/mol. The molecule has 2 unspecified atom stereocenters. The number of likely N-dealkylation sites (tertiary alicyclic amines) is 2. The molecule has 214 valence electrons. The molecule has 5 rings (SSSR count). The largest absolute Gasteiger partial charge is 0.493 e. The molecule has 2 atom stereocenters. The van der Waals surface area contributed by atoms with Crippen molar-refractivity contribution in [1.82, 2.24) is 25.3 Å². The maximum atomic E-state index is 13.0. The Morgan fingerprint density at radius 1 is 0.950 bits per heavy atom. The van der Waals surface area contributed by atoms with Crippen LogP contribution in [0.5, 0.6) is 11.5 Å². The standard InChI is InChI=1S/C31H41N5O4/c1-22-6-4-14-35(18-22)19-24-10-8-23(9-11-24)17-32-31(37)26-7-5-15-36(20-26)21-29-33-30(34-40-29)25-12-13-27(38-2)28(16-25)39-3/h8-13,16,22,26H,4-7,14-15,17-21H2,1-3H3,(H,32,37). The number of amides is 1. The Balaban J connectivity index is 1.10. The Morgan fingerprint density at radius 3 is 2.42 bits per heavy atom. The fraction of sp³-hybridized carbons (Fsp3) is 0.516. The van der Waals surface area contributed by atoms with Gasteiger partial charge in [0.1, 0.15) is 0 Å². The smallest absolute Gasteiger partial charge is 0.241 e. The van der Waals surface area contributed by atoms with Gasteiger partial charge in [0.2, 0.25) is 17.6 Å². The first-order chi connectivity index (χ1) is 19.5. The first-order valence-electron chi connectivity index (χ1n) is 14.4. The summed E-state index contributed by atoms with van der Waals surface area (Å²) in [6.45, 7) is 8.35. The topological polar surface area (TPSA) is 93.0 Å². The Labute approximate surface area is 236 Å². The summed E-state index contributed by atoms with van der Waals surface area (Å²) in [4.78, 5) is 22.4. The molecule has 2 aliphatic heterocycles. The minimum absolute atomic E-state index is 0.0534. The quantitative estimate of drug-likeness (QED) is 0.396. The van der Waals surface area contributed by atoms with Gasteiger partial charge in [0.25, 0.3) is 0 Å². The number of nitrogens with zero attached hydrogens (tertiary/aromatic N) is 4. The van der Waals surface area contributed by atoms with Crippen molar-refractivity contribution in [1.29, 1.82) is 0 Å². The molecule has 0 bridgehead atoms. The van der Waals surface area contributed by atoms with Crippen molar-refractivity contribution >= 4 is 5.91 Å². The number of carbonyl (C=O) groups is 1. The van der Waals surface area contributed by atoms with E-state index in [0.717, 1.165) is 43.0 Å². The molecule has 2 saturated heterocycles. The molecular weight excluding hydrogens is 506 g/mol. The van der Waals surface area contributed by atoms with Crippen LogP contribution >= 0.6 is 0 Å². The van der Waals surface area contributed by atoms with E-state index in [0.29, 0.717) is 42.8 Å². The van der Waals surface area contributed by atoms with Crippen molar-refractivity contribution in [3.63, 3.8) is 0 Å². The Hall–Kier alpha value is -3.43. The summed E-state index contributed by atoms with van der Waals surface area (Å²) in [5, 5.41) is 7.31. The molecule has 1 amide bonds. The highest BCUT2D eigenvalue weighted by Crippen LogP contribution is 2.31. The van der Waals surface area contributed by atoms with E-state index in [9.17, 15) is 4.79 Å². The van der Waals surface area contributed by atoms with Crippen LogP contribution in [0.2, 0.25) is 0 Å². The lowest BCUT2D eigenvalue weighted by molar-refractivity contribution is -0.127. The van der Waals surface area contributed by atoms with Gasteiger partial charge in [-0.1, -0.05) is 36.3 Å². The van der Waals surface area contributed by atoms with Gasteiger partial charge in [-0.2, -0.15) is 4.98 Å². The van der Waals surface area contributed by atoms with Gasteiger partial charge in [-0.05, 0) is 74.0 Å². The van der Waals surface area contributed by atoms with Crippen molar-refractivity contribution in [2.45, 2.75) is 52.2 Å². The minimum Gasteiger partial charge on any atom is -0.493 e. The van der Waals surface area contributed by atoms with Crippen molar-refractivity contribution < 1.29 is 18.8 Å². The van der Waals surface area contributed by atoms with Gasteiger partial charge < -0.3 is 19.3 Å². The fourth-order valence-corrected chi connectivity index (χ4v) is 5.80. The first-order valence-corrected chi connectivity index (χ1v) is 14.4. The number of piperidine rings is 2. The Bertz CT molecular complexity index is 1260. The molecule has 1 aromatic heterocycles. The normalized spacial score (nSPS) is 20.3. The second-order valence-electron chi connectivity index (χ2n) is 11.2. The van der Waals surface area contributed by atoms with Crippen LogP contribution in [0, 0.1) is 11.8 Å². The molecule has 0 saturated carbocycles. The van der Waals surface area contributed by atoms with Crippen LogP contribution in [-0.4, -0.2) is 66.2 Å². The molecule has 40 heavy (non-hydrogen) atoms. The number of nitrogens with one attached hydrogen (secondary N) is 1. The molecular formula is C31H41N5O4. The summed E-state index contributed by atoms with van der Waals surface area (Å²) in [6.07, 6.45) is 4.47. The van der Waals surface area contributed by atoms with E-state index < -0.39 is 0 Å². The lowest BCUT2D eigenvalue weighted by atomic mass is 9.97. The molecule has 2 aromatic carbocycles. The summed E-state index contributed by atoms with van der Waals surface area (Å²) in [6, 6.07) is 14.2.